The number of amides is 1. The Morgan fingerprint density at radius 1 is 1.23 bits per heavy atom. The van der Waals surface area contributed by atoms with Crippen molar-refractivity contribution < 1.29 is 13.9 Å². The number of rotatable bonds is 4. The molecule has 3 fully saturated rings. The van der Waals surface area contributed by atoms with Crippen molar-refractivity contribution in [1.82, 2.24) is 25.3 Å². The largest absolute Gasteiger partial charge is 0.421 e. The number of halogens is 1. The molecule has 0 bridgehead atoms. The Hall–Kier alpha value is -3.37. The molecule has 2 aromatic heterocycles. The number of aromatic nitrogens is 4. The Morgan fingerprint density at radius 3 is 2.74 bits per heavy atom. The van der Waals surface area contributed by atoms with E-state index in [4.69, 9.17) is 10.5 Å². The highest BCUT2D eigenvalue weighted by molar-refractivity contribution is 5.90. The molecule has 1 aromatic carbocycles. The van der Waals surface area contributed by atoms with Crippen molar-refractivity contribution >= 4 is 11.8 Å². The van der Waals surface area contributed by atoms with Crippen LogP contribution in [0, 0.1) is 17.7 Å². The van der Waals surface area contributed by atoms with E-state index in [-0.39, 0.29) is 12.1 Å². The zero-order chi connectivity index (χ0) is 21.2. The van der Waals surface area contributed by atoms with E-state index in [1.54, 1.807) is 24.5 Å². The fourth-order valence-electron chi connectivity index (χ4n) is 4.84. The Labute approximate surface area is 177 Å². The molecular weight excluding hydrogens is 401 g/mol. The number of fused-ring (bicyclic) bond motifs is 1. The topological polar surface area (TPSA) is 111 Å². The van der Waals surface area contributed by atoms with Gasteiger partial charge in [0.1, 0.15) is 5.82 Å². The number of piperidine rings is 1. The van der Waals surface area contributed by atoms with Crippen LogP contribution in [0.5, 0.6) is 0 Å². The summed E-state index contributed by atoms with van der Waals surface area (Å²) in [4.78, 5) is 18.2. The van der Waals surface area contributed by atoms with Gasteiger partial charge in [-0.1, -0.05) is 11.3 Å². The monoisotopic (exact) mass is 421 g/mol. The van der Waals surface area contributed by atoms with E-state index in [2.05, 4.69) is 20.6 Å². The fourth-order valence-corrected chi connectivity index (χ4v) is 4.84. The molecule has 4 heterocycles. The van der Waals surface area contributed by atoms with Crippen LogP contribution < -0.4 is 16.0 Å². The van der Waals surface area contributed by atoms with Gasteiger partial charge in [-0.15, -0.1) is 5.10 Å². The Bertz CT molecular complexity index is 1140. The van der Waals surface area contributed by atoms with Crippen LogP contribution in [0.1, 0.15) is 11.9 Å². The number of hydrogen-bond donors (Lipinski definition) is 2. The molecule has 3 aromatic rings. The quantitative estimate of drug-likeness (QED) is 0.659. The molecule has 10 heteroatoms. The van der Waals surface area contributed by atoms with Crippen molar-refractivity contribution in [2.75, 3.05) is 24.5 Å². The number of nitrogens with zero attached hydrogens (tertiary/aromatic N) is 5. The van der Waals surface area contributed by atoms with Gasteiger partial charge in [0.05, 0.1) is 29.7 Å². The number of ether oxygens (including phenoxy) is 1. The standard InChI is InChI=1S/C21H20FN7O2/c22-17-7-13(28-11-19(31-20(28)30)29-6-5-26-27-29)2-3-14(17)12-1-4-18(25-8-12)21(23)15-9-24-10-16(15)21/h1-8,15-16,19,24H,9-11,23H2/t15-,16+,19?,21?. The summed E-state index contributed by atoms with van der Waals surface area (Å²) in [5, 5.41) is 10.9. The summed E-state index contributed by atoms with van der Waals surface area (Å²) < 4.78 is 21.7. The van der Waals surface area contributed by atoms with Gasteiger partial charge in [-0.3, -0.25) is 9.88 Å². The number of carbonyl (C=O) groups is 1. The molecule has 3 aliphatic rings. The zero-order valence-electron chi connectivity index (χ0n) is 16.5. The van der Waals surface area contributed by atoms with Gasteiger partial charge in [0.25, 0.3) is 0 Å². The number of nitrogens with one attached hydrogen (secondary N) is 1. The van der Waals surface area contributed by atoms with E-state index in [1.807, 2.05) is 12.1 Å². The Balaban J connectivity index is 1.22. The summed E-state index contributed by atoms with van der Waals surface area (Å²) in [7, 11) is 0. The summed E-state index contributed by atoms with van der Waals surface area (Å²) in [6.45, 7) is 2.04. The molecule has 1 amide bonds. The molecule has 158 valence electrons. The summed E-state index contributed by atoms with van der Waals surface area (Å²) in [5.74, 6) is 0.394. The lowest BCUT2D eigenvalue weighted by Gasteiger charge is -2.16. The van der Waals surface area contributed by atoms with Crippen molar-refractivity contribution in [2.45, 2.75) is 11.8 Å². The van der Waals surface area contributed by atoms with Crippen LogP contribution in [0.3, 0.4) is 0 Å². The molecule has 1 saturated carbocycles. The van der Waals surface area contributed by atoms with Crippen LogP contribution in [0.25, 0.3) is 11.1 Å². The van der Waals surface area contributed by atoms with Crippen LogP contribution in [0.2, 0.25) is 0 Å². The smallest absolute Gasteiger partial charge is 0.416 e. The molecule has 2 unspecified atom stereocenters. The molecule has 2 aliphatic heterocycles. The molecule has 31 heavy (non-hydrogen) atoms. The van der Waals surface area contributed by atoms with Gasteiger partial charge in [-0.25, -0.2) is 13.9 Å². The van der Waals surface area contributed by atoms with E-state index >= 15 is 0 Å². The number of anilines is 1. The number of pyridine rings is 1. The summed E-state index contributed by atoms with van der Waals surface area (Å²) in [6, 6.07) is 8.41. The number of nitrogens with two attached hydrogens (primary N) is 1. The highest BCUT2D eigenvalue weighted by atomic mass is 19.1. The van der Waals surface area contributed by atoms with Gasteiger partial charge in [-0.2, -0.15) is 0 Å². The van der Waals surface area contributed by atoms with Gasteiger partial charge in [0.15, 0.2) is 0 Å². The third-order valence-corrected chi connectivity index (χ3v) is 6.65. The molecule has 6 rings (SSSR count). The first-order chi connectivity index (χ1) is 15.1. The van der Waals surface area contributed by atoms with Crippen molar-refractivity contribution in [3.05, 3.63) is 60.4 Å². The first kappa shape index (κ1) is 18.4. The van der Waals surface area contributed by atoms with E-state index < -0.39 is 18.1 Å². The van der Waals surface area contributed by atoms with Crippen molar-refractivity contribution in [1.29, 1.82) is 0 Å². The lowest BCUT2D eigenvalue weighted by atomic mass is 10.0. The maximum atomic E-state index is 15.0. The molecule has 0 radical (unpaired) electrons. The third kappa shape index (κ3) is 2.75. The second-order valence-electron chi connectivity index (χ2n) is 8.23. The molecule has 1 aliphatic carbocycles. The van der Waals surface area contributed by atoms with Crippen LogP contribution in [-0.2, 0) is 10.3 Å². The SMILES string of the molecule is NC1(c2ccc(-c3ccc(N4CC(n5ccnn5)OC4=O)cc3F)cn2)[C@@H]2CNC[C@@H]21. The molecule has 0 spiro atoms. The summed E-state index contributed by atoms with van der Waals surface area (Å²) in [5.41, 5.74) is 8.51. The summed E-state index contributed by atoms with van der Waals surface area (Å²) in [6.07, 6.45) is 3.61. The first-order valence-electron chi connectivity index (χ1n) is 10.2. The number of carbonyl (C=O) groups excluding carboxylic acids is 1. The minimum Gasteiger partial charge on any atom is -0.421 e. The zero-order valence-corrected chi connectivity index (χ0v) is 16.5. The second kappa shape index (κ2) is 6.56. The van der Waals surface area contributed by atoms with E-state index in [9.17, 15) is 9.18 Å². The predicted octanol–water partition coefficient (Wildman–Crippen LogP) is 1.64. The highest BCUT2D eigenvalue weighted by Crippen LogP contribution is 2.57. The Morgan fingerprint density at radius 2 is 2.06 bits per heavy atom. The lowest BCUT2D eigenvalue weighted by molar-refractivity contribution is 0.0922. The maximum Gasteiger partial charge on any atom is 0.416 e. The van der Waals surface area contributed by atoms with E-state index in [0.717, 1.165) is 18.8 Å². The fraction of sp³-hybridized carbons (Fsp3) is 0.333. The summed E-state index contributed by atoms with van der Waals surface area (Å²) >= 11 is 0. The third-order valence-electron chi connectivity index (χ3n) is 6.65. The van der Waals surface area contributed by atoms with Crippen molar-refractivity contribution in [2.24, 2.45) is 17.6 Å². The predicted molar refractivity (Wildman–Crippen MR) is 108 cm³/mol. The minimum atomic E-state index is -0.602. The molecule has 9 nitrogen and oxygen atoms in total. The van der Waals surface area contributed by atoms with Crippen LogP contribution in [-0.4, -0.2) is 45.7 Å². The van der Waals surface area contributed by atoms with Crippen molar-refractivity contribution in [3.8, 4) is 11.1 Å². The molecular formula is C21H20FN7O2. The van der Waals surface area contributed by atoms with Crippen LogP contribution in [0.15, 0.2) is 48.9 Å². The van der Waals surface area contributed by atoms with Crippen LogP contribution >= 0.6 is 0 Å². The lowest BCUT2D eigenvalue weighted by Crippen LogP contribution is -2.33. The average Bonchev–Trinajstić information content (AvgIpc) is 3.36. The molecule has 4 atom stereocenters. The van der Waals surface area contributed by atoms with Crippen molar-refractivity contribution in [3.63, 3.8) is 0 Å². The van der Waals surface area contributed by atoms with E-state index in [1.165, 1.54) is 21.8 Å². The highest BCUT2D eigenvalue weighted by Gasteiger charge is 2.65. The van der Waals surface area contributed by atoms with Gasteiger partial charge in [-0.05, 0) is 24.3 Å². The van der Waals surface area contributed by atoms with Gasteiger partial charge >= 0.3 is 6.09 Å². The molecule has 3 N–H and O–H groups in total. The minimum absolute atomic E-state index is 0.215. The van der Waals surface area contributed by atoms with Gasteiger partial charge in [0.2, 0.25) is 6.23 Å². The average molecular weight is 421 g/mol. The number of benzene rings is 1. The Kier molecular flexibility index (Phi) is 3.90. The van der Waals surface area contributed by atoms with Gasteiger partial charge < -0.3 is 15.8 Å². The van der Waals surface area contributed by atoms with E-state index in [0.29, 0.717) is 28.7 Å². The molecule has 2 saturated heterocycles. The number of cyclic esters (lactones) is 1. The van der Waals surface area contributed by atoms with Crippen LogP contribution in [0.4, 0.5) is 14.9 Å². The number of hydrogen-bond acceptors (Lipinski definition) is 7. The van der Waals surface area contributed by atoms with Gasteiger partial charge in [0, 0.05) is 48.4 Å². The first-order valence-corrected chi connectivity index (χ1v) is 10.2. The maximum absolute atomic E-state index is 15.0. The normalized spacial score (nSPS) is 29.2. The second-order valence-corrected chi connectivity index (χ2v) is 8.23.